The lowest BCUT2D eigenvalue weighted by Crippen LogP contribution is -2.54. The van der Waals surface area contributed by atoms with Crippen LogP contribution >= 0.6 is 0 Å². The first kappa shape index (κ1) is 11.4. The van der Waals surface area contributed by atoms with Crippen molar-refractivity contribution >= 4 is 5.91 Å². The van der Waals surface area contributed by atoms with Crippen LogP contribution in [0.2, 0.25) is 0 Å². The van der Waals surface area contributed by atoms with E-state index in [1.165, 1.54) is 0 Å². The summed E-state index contributed by atoms with van der Waals surface area (Å²) in [6.07, 6.45) is -0.432. The Morgan fingerprint density at radius 2 is 2.36 bits per heavy atom. The van der Waals surface area contributed by atoms with Gasteiger partial charge in [0.25, 0.3) is 0 Å². The predicted octanol–water partition coefficient (Wildman–Crippen LogP) is -2.12. The molecule has 14 heavy (non-hydrogen) atoms. The summed E-state index contributed by atoms with van der Waals surface area (Å²) in [5.74, 6) is -0.234. The van der Waals surface area contributed by atoms with Gasteiger partial charge in [0, 0.05) is 0 Å². The topological polar surface area (TPSA) is 111 Å². The van der Waals surface area contributed by atoms with Crippen LogP contribution in [0.1, 0.15) is 13.3 Å². The van der Waals surface area contributed by atoms with Gasteiger partial charge in [0.1, 0.15) is 0 Å². The number of aliphatic hydroxyl groups excluding tert-OH is 1. The molecule has 1 saturated heterocycles. The van der Waals surface area contributed by atoms with Crippen molar-refractivity contribution in [3.8, 4) is 0 Å². The first-order valence-electron chi connectivity index (χ1n) is 4.62. The zero-order valence-electron chi connectivity index (χ0n) is 8.14. The van der Waals surface area contributed by atoms with Crippen molar-refractivity contribution in [2.24, 2.45) is 11.5 Å². The zero-order chi connectivity index (χ0) is 10.7. The second kappa shape index (κ2) is 4.70. The highest BCUT2D eigenvalue weighted by atomic mass is 16.6. The zero-order valence-corrected chi connectivity index (χ0v) is 8.14. The molecule has 6 N–H and O–H groups in total. The summed E-state index contributed by atoms with van der Waals surface area (Å²) in [6.45, 7) is 1.88. The van der Waals surface area contributed by atoms with Crippen molar-refractivity contribution in [3.63, 3.8) is 0 Å². The Morgan fingerprint density at radius 3 is 2.86 bits per heavy atom. The highest BCUT2D eigenvalue weighted by molar-refractivity contribution is 5.81. The van der Waals surface area contributed by atoms with Crippen LogP contribution in [0.3, 0.4) is 0 Å². The number of amides is 1. The van der Waals surface area contributed by atoms with E-state index in [4.69, 9.17) is 21.3 Å². The summed E-state index contributed by atoms with van der Waals surface area (Å²) in [5, 5.41) is 11.8. The molecule has 1 aliphatic heterocycles. The van der Waals surface area contributed by atoms with Crippen molar-refractivity contribution in [2.75, 3.05) is 6.61 Å². The van der Waals surface area contributed by atoms with Crippen molar-refractivity contribution in [2.45, 2.75) is 37.8 Å². The van der Waals surface area contributed by atoms with Crippen LogP contribution in [-0.4, -0.2) is 42.0 Å². The second-order valence-corrected chi connectivity index (χ2v) is 3.62. The van der Waals surface area contributed by atoms with Gasteiger partial charge in [-0.3, -0.25) is 4.79 Å². The van der Waals surface area contributed by atoms with Gasteiger partial charge in [-0.05, 0) is 13.3 Å². The Labute approximate surface area is 82.6 Å². The minimum absolute atomic E-state index is 0.160. The average Bonchev–Trinajstić information content (AvgIpc) is 2.11. The first-order chi connectivity index (χ1) is 6.50. The number of aliphatic hydroxyl groups is 1. The number of hydrogen-bond acceptors (Lipinski definition) is 5. The van der Waals surface area contributed by atoms with E-state index in [2.05, 4.69) is 5.32 Å². The van der Waals surface area contributed by atoms with E-state index in [9.17, 15) is 4.79 Å². The molecule has 1 heterocycles. The Morgan fingerprint density at radius 1 is 1.71 bits per heavy atom. The highest BCUT2D eigenvalue weighted by Crippen LogP contribution is 2.10. The SMILES string of the molecule is C[C@@H](N)C(=O)N[C@H]1COC(O)[C@H](N)C1. The third-order valence-corrected chi connectivity index (χ3v) is 2.15. The molecule has 0 radical (unpaired) electrons. The largest absolute Gasteiger partial charge is 0.367 e. The van der Waals surface area contributed by atoms with Crippen molar-refractivity contribution in [1.29, 1.82) is 0 Å². The summed E-state index contributed by atoms with van der Waals surface area (Å²) in [4.78, 5) is 11.2. The molecular formula is C8H17N3O3. The molecule has 0 aromatic carbocycles. The van der Waals surface area contributed by atoms with Gasteiger partial charge in [0.15, 0.2) is 6.29 Å². The fourth-order valence-corrected chi connectivity index (χ4v) is 1.28. The van der Waals surface area contributed by atoms with Gasteiger partial charge in [-0.1, -0.05) is 0 Å². The summed E-state index contributed by atoms with van der Waals surface area (Å²) in [6, 6.07) is -1.16. The van der Waals surface area contributed by atoms with Gasteiger partial charge >= 0.3 is 0 Å². The van der Waals surface area contributed by atoms with Crippen LogP contribution in [0, 0.1) is 0 Å². The van der Waals surface area contributed by atoms with Crippen molar-refractivity contribution in [3.05, 3.63) is 0 Å². The summed E-state index contributed by atoms with van der Waals surface area (Å²) in [7, 11) is 0. The van der Waals surface area contributed by atoms with Gasteiger partial charge < -0.3 is 26.6 Å². The molecule has 1 amide bonds. The quantitative estimate of drug-likeness (QED) is 0.410. The molecule has 1 aliphatic rings. The van der Waals surface area contributed by atoms with E-state index in [-0.39, 0.29) is 18.6 Å². The van der Waals surface area contributed by atoms with Crippen LogP contribution in [0.4, 0.5) is 0 Å². The fraction of sp³-hybridized carbons (Fsp3) is 0.875. The van der Waals surface area contributed by atoms with E-state index >= 15 is 0 Å². The third kappa shape index (κ3) is 2.91. The van der Waals surface area contributed by atoms with Crippen LogP contribution < -0.4 is 16.8 Å². The number of hydrogen-bond donors (Lipinski definition) is 4. The minimum Gasteiger partial charge on any atom is -0.367 e. The molecule has 0 aromatic heterocycles. The number of ether oxygens (including phenoxy) is 1. The molecule has 1 unspecified atom stereocenters. The van der Waals surface area contributed by atoms with Gasteiger partial charge in [0.05, 0.1) is 24.7 Å². The van der Waals surface area contributed by atoms with Crippen molar-refractivity contribution < 1.29 is 14.6 Å². The molecule has 0 saturated carbocycles. The molecule has 6 nitrogen and oxygen atoms in total. The fourth-order valence-electron chi connectivity index (χ4n) is 1.28. The molecule has 0 aromatic rings. The van der Waals surface area contributed by atoms with Crippen LogP contribution in [0.5, 0.6) is 0 Å². The maximum absolute atomic E-state index is 11.2. The second-order valence-electron chi connectivity index (χ2n) is 3.62. The van der Waals surface area contributed by atoms with E-state index < -0.39 is 18.4 Å². The third-order valence-electron chi connectivity index (χ3n) is 2.15. The van der Waals surface area contributed by atoms with Gasteiger partial charge in [0.2, 0.25) is 5.91 Å². The van der Waals surface area contributed by atoms with E-state index in [0.29, 0.717) is 6.42 Å². The lowest BCUT2D eigenvalue weighted by molar-refractivity contribution is -0.148. The van der Waals surface area contributed by atoms with Crippen LogP contribution in [0.25, 0.3) is 0 Å². The van der Waals surface area contributed by atoms with Crippen LogP contribution in [0.15, 0.2) is 0 Å². The number of nitrogens with one attached hydrogen (secondary N) is 1. The van der Waals surface area contributed by atoms with Gasteiger partial charge in [-0.25, -0.2) is 0 Å². The number of carbonyl (C=O) groups excluding carboxylic acids is 1. The summed E-state index contributed by atoms with van der Waals surface area (Å²) >= 11 is 0. The van der Waals surface area contributed by atoms with Gasteiger partial charge in [-0.15, -0.1) is 0 Å². The van der Waals surface area contributed by atoms with E-state index in [0.717, 1.165) is 0 Å². The molecular weight excluding hydrogens is 186 g/mol. The molecule has 1 rings (SSSR count). The Bertz CT molecular complexity index is 210. The molecule has 0 bridgehead atoms. The normalized spacial score (nSPS) is 35.0. The maximum atomic E-state index is 11.2. The average molecular weight is 203 g/mol. The van der Waals surface area contributed by atoms with E-state index in [1.807, 2.05) is 0 Å². The number of rotatable bonds is 2. The molecule has 0 spiro atoms. The monoisotopic (exact) mass is 203 g/mol. The lowest BCUT2D eigenvalue weighted by atomic mass is 10.0. The Hall–Kier alpha value is -0.690. The first-order valence-corrected chi connectivity index (χ1v) is 4.62. The van der Waals surface area contributed by atoms with Crippen molar-refractivity contribution in [1.82, 2.24) is 5.32 Å². The molecule has 0 aliphatic carbocycles. The minimum atomic E-state index is -0.932. The molecule has 6 heteroatoms. The van der Waals surface area contributed by atoms with Gasteiger partial charge in [-0.2, -0.15) is 0 Å². The smallest absolute Gasteiger partial charge is 0.236 e. The Kier molecular flexibility index (Phi) is 3.82. The number of carbonyl (C=O) groups is 1. The highest BCUT2D eigenvalue weighted by Gasteiger charge is 2.28. The molecule has 4 atom stereocenters. The Balaban J connectivity index is 2.37. The van der Waals surface area contributed by atoms with Crippen LogP contribution in [-0.2, 0) is 9.53 Å². The summed E-state index contributed by atoms with van der Waals surface area (Å²) < 4.78 is 4.96. The molecule has 82 valence electrons. The lowest BCUT2D eigenvalue weighted by Gasteiger charge is -2.31. The standard InChI is InChI=1S/C8H17N3O3/c1-4(9)7(12)11-5-2-6(10)8(13)14-3-5/h4-6,8,13H,2-3,9-10H2,1H3,(H,11,12)/t4-,5-,6-,8?/m1/s1. The maximum Gasteiger partial charge on any atom is 0.236 e. The predicted molar refractivity (Wildman–Crippen MR) is 50.1 cm³/mol. The van der Waals surface area contributed by atoms with E-state index in [1.54, 1.807) is 6.92 Å². The number of nitrogens with two attached hydrogens (primary N) is 2. The molecule has 1 fully saturated rings. The summed E-state index contributed by atoms with van der Waals surface area (Å²) in [5.41, 5.74) is 10.9.